The van der Waals surface area contributed by atoms with Crippen LogP contribution in [0, 0.1) is 0 Å². The highest BCUT2D eigenvalue weighted by atomic mass is 79.9. The number of rotatable bonds is 2. The molecule has 0 radical (unpaired) electrons. The van der Waals surface area contributed by atoms with E-state index in [1.807, 2.05) is 0 Å². The third-order valence-corrected chi connectivity index (χ3v) is 1.78. The van der Waals surface area contributed by atoms with E-state index >= 15 is 0 Å². The Balaban J connectivity index is 2.77. The molecule has 1 aromatic rings. The van der Waals surface area contributed by atoms with Crippen LogP contribution in [0.3, 0.4) is 0 Å². The van der Waals surface area contributed by atoms with Crippen molar-refractivity contribution >= 4 is 33.5 Å². The number of allylic oxidation sites excluding steroid dienone is 1. The zero-order valence-electron chi connectivity index (χ0n) is 5.54. The number of hydrogen-bond donors (Lipinski definition) is 1. The minimum absolute atomic E-state index is 0.250. The first-order chi connectivity index (χ1) is 5.24. The van der Waals surface area contributed by atoms with Gasteiger partial charge in [0.2, 0.25) is 5.95 Å². The van der Waals surface area contributed by atoms with Crippen LogP contribution in [0.1, 0.15) is 0 Å². The molecular formula is C5H6BrClN4. The predicted octanol–water partition coefficient (Wildman–Crippen LogP) is 1.38. The van der Waals surface area contributed by atoms with Crippen molar-refractivity contribution in [2.45, 2.75) is 6.54 Å². The smallest absolute Gasteiger partial charge is 0.240 e. The van der Waals surface area contributed by atoms with Gasteiger partial charge in [0.15, 0.2) is 4.73 Å². The molecule has 0 amide bonds. The van der Waals surface area contributed by atoms with Gasteiger partial charge in [0.25, 0.3) is 0 Å². The van der Waals surface area contributed by atoms with Gasteiger partial charge < -0.3 is 5.73 Å². The van der Waals surface area contributed by atoms with Gasteiger partial charge in [-0.05, 0) is 15.9 Å². The molecule has 0 aromatic carbocycles. The van der Waals surface area contributed by atoms with Crippen molar-refractivity contribution in [2.75, 3.05) is 5.73 Å². The second-order valence-corrected chi connectivity index (χ2v) is 2.74. The van der Waals surface area contributed by atoms with Crippen LogP contribution in [0.25, 0.3) is 0 Å². The third kappa shape index (κ3) is 2.20. The number of anilines is 1. The van der Waals surface area contributed by atoms with Crippen LogP contribution < -0.4 is 5.73 Å². The zero-order valence-corrected chi connectivity index (χ0v) is 7.88. The van der Waals surface area contributed by atoms with Crippen molar-refractivity contribution in [3.8, 4) is 0 Å². The fraction of sp³-hybridized carbons (Fsp3) is 0.200. The van der Waals surface area contributed by atoms with Crippen molar-refractivity contribution < 1.29 is 0 Å². The summed E-state index contributed by atoms with van der Waals surface area (Å²) < 4.78 is 2.19. The summed E-state index contributed by atoms with van der Waals surface area (Å²) in [6.07, 6.45) is 1.74. The summed E-state index contributed by atoms with van der Waals surface area (Å²) in [7, 11) is 0. The highest BCUT2D eigenvalue weighted by molar-refractivity contribution is 9.10. The van der Waals surface area contributed by atoms with E-state index in [2.05, 4.69) is 26.0 Å². The fourth-order valence-corrected chi connectivity index (χ4v) is 1.08. The quantitative estimate of drug-likeness (QED) is 0.845. The molecule has 11 heavy (non-hydrogen) atoms. The van der Waals surface area contributed by atoms with E-state index < -0.39 is 0 Å². The number of nitrogens with zero attached hydrogens (tertiary/aromatic N) is 3. The molecule has 0 spiro atoms. The number of hydrogen-bond acceptors (Lipinski definition) is 3. The molecule has 0 unspecified atom stereocenters. The second kappa shape index (κ2) is 3.73. The first kappa shape index (κ1) is 8.55. The van der Waals surface area contributed by atoms with Gasteiger partial charge in [-0.25, -0.2) is 4.68 Å². The van der Waals surface area contributed by atoms with Gasteiger partial charge in [0.1, 0.15) is 0 Å². The highest BCUT2D eigenvalue weighted by Gasteiger charge is 2.00. The van der Waals surface area contributed by atoms with Gasteiger partial charge in [-0.15, -0.1) is 5.10 Å². The number of halogens is 2. The van der Waals surface area contributed by atoms with Gasteiger partial charge in [-0.1, -0.05) is 17.7 Å². The second-order valence-electron chi connectivity index (χ2n) is 1.78. The average molecular weight is 237 g/mol. The average Bonchev–Trinajstić information content (AvgIpc) is 2.26. The predicted molar refractivity (Wildman–Crippen MR) is 47.1 cm³/mol. The first-order valence-corrected chi connectivity index (χ1v) is 4.08. The SMILES string of the molecule is Nc1nc(Br)n(C/C=C/Cl)n1. The summed E-state index contributed by atoms with van der Waals surface area (Å²) in [6.45, 7) is 0.564. The monoisotopic (exact) mass is 236 g/mol. The van der Waals surface area contributed by atoms with Crippen LogP contribution in [-0.2, 0) is 6.54 Å². The van der Waals surface area contributed by atoms with Crippen molar-refractivity contribution in [1.29, 1.82) is 0 Å². The highest BCUT2D eigenvalue weighted by Crippen LogP contribution is 2.07. The van der Waals surface area contributed by atoms with Crippen LogP contribution in [0.15, 0.2) is 16.3 Å². The van der Waals surface area contributed by atoms with Crippen LogP contribution in [0.4, 0.5) is 5.95 Å². The summed E-state index contributed by atoms with van der Waals surface area (Å²) in [5.41, 5.74) is 6.74. The van der Waals surface area contributed by atoms with Crippen molar-refractivity contribution in [2.24, 2.45) is 0 Å². The summed E-state index contributed by atoms with van der Waals surface area (Å²) in [6, 6.07) is 0. The maximum atomic E-state index is 5.32. The van der Waals surface area contributed by atoms with E-state index in [1.54, 1.807) is 10.8 Å². The van der Waals surface area contributed by atoms with Crippen LogP contribution in [0.2, 0.25) is 0 Å². The molecule has 2 N–H and O–H groups in total. The Morgan fingerprint density at radius 2 is 2.45 bits per heavy atom. The van der Waals surface area contributed by atoms with Crippen LogP contribution in [0.5, 0.6) is 0 Å². The number of nitrogen functional groups attached to an aromatic ring is 1. The van der Waals surface area contributed by atoms with Gasteiger partial charge in [0, 0.05) is 5.54 Å². The molecule has 6 heteroatoms. The molecule has 0 bridgehead atoms. The normalized spacial score (nSPS) is 11.1. The van der Waals surface area contributed by atoms with Gasteiger partial charge in [-0.2, -0.15) is 4.98 Å². The van der Waals surface area contributed by atoms with Crippen molar-refractivity contribution in [3.05, 3.63) is 16.3 Å². The maximum absolute atomic E-state index is 5.32. The Bertz CT molecular complexity index is 269. The van der Waals surface area contributed by atoms with Gasteiger partial charge in [-0.3, -0.25) is 0 Å². The van der Waals surface area contributed by atoms with E-state index in [4.69, 9.17) is 17.3 Å². The van der Waals surface area contributed by atoms with Gasteiger partial charge in [0.05, 0.1) is 6.54 Å². The van der Waals surface area contributed by atoms with E-state index in [9.17, 15) is 0 Å². The standard InChI is InChI=1S/C5H6BrClN4/c6-4-9-5(8)10-11(4)3-1-2-7/h1-2H,3H2,(H2,8,10)/b2-1+. The largest absolute Gasteiger partial charge is 0.366 e. The molecule has 60 valence electrons. The minimum atomic E-state index is 0.250. The Labute approximate surface area is 77.2 Å². The Kier molecular flexibility index (Phi) is 2.90. The molecule has 0 atom stereocenters. The summed E-state index contributed by atoms with van der Waals surface area (Å²) in [4.78, 5) is 3.83. The summed E-state index contributed by atoms with van der Waals surface area (Å²) in [5, 5.41) is 3.87. The Hall–Kier alpha value is -0.550. The number of nitrogens with two attached hydrogens (primary N) is 1. The molecule has 0 aliphatic carbocycles. The van der Waals surface area contributed by atoms with Crippen molar-refractivity contribution in [1.82, 2.24) is 14.8 Å². The minimum Gasteiger partial charge on any atom is -0.366 e. The molecule has 0 aliphatic rings. The third-order valence-electron chi connectivity index (χ3n) is 1.01. The van der Waals surface area contributed by atoms with E-state index in [0.717, 1.165) is 0 Å². The summed E-state index contributed by atoms with van der Waals surface area (Å²) >= 11 is 8.50. The molecule has 4 nitrogen and oxygen atoms in total. The lowest BCUT2D eigenvalue weighted by molar-refractivity contribution is 0.685. The maximum Gasteiger partial charge on any atom is 0.240 e. The fourth-order valence-electron chi connectivity index (χ4n) is 0.595. The molecule has 0 saturated carbocycles. The Morgan fingerprint density at radius 1 is 1.73 bits per heavy atom. The topological polar surface area (TPSA) is 56.7 Å². The molecule has 0 saturated heterocycles. The lowest BCUT2D eigenvalue weighted by Crippen LogP contribution is -1.98. The van der Waals surface area contributed by atoms with E-state index in [-0.39, 0.29) is 5.95 Å². The lowest BCUT2D eigenvalue weighted by Gasteiger charge is -1.92. The molecule has 0 aliphatic heterocycles. The van der Waals surface area contributed by atoms with Crippen LogP contribution in [-0.4, -0.2) is 14.8 Å². The lowest BCUT2D eigenvalue weighted by atomic mass is 10.6. The van der Waals surface area contributed by atoms with E-state index in [1.165, 1.54) is 5.54 Å². The first-order valence-electron chi connectivity index (χ1n) is 2.85. The van der Waals surface area contributed by atoms with Gasteiger partial charge >= 0.3 is 0 Å². The van der Waals surface area contributed by atoms with Crippen LogP contribution >= 0.6 is 27.5 Å². The van der Waals surface area contributed by atoms with E-state index in [0.29, 0.717) is 11.3 Å². The molecular weight excluding hydrogens is 231 g/mol. The molecule has 1 rings (SSSR count). The molecule has 1 heterocycles. The number of aromatic nitrogens is 3. The van der Waals surface area contributed by atoms with Crippen molar-refractivity contribution in [3.63, 3.8) is 0 Å². The summed E-state index contributed by atoms with van der Waals surface area (Å²) in [5.74, 6) is 0.250. The molecule has 0 fully saturated rings. The zero-order chi connectivity index (χ0) is 8.27. The Morgan fingerprint density at radius 3 is 2.91 bits per heavy atom. The molecule has 1 aromatic heterocycles.